The predicted molar refractivity (Wildman–Crippen MR) is 56.1 cm³/mol. The van der Waals surface area contributed by atoms with E-state index in [1.165, 1.54) is 38.1 Å². The summed E-state index contributed by atoms with van der Waals surface area (Å²) in [4.78, 5) is 22.1. The Morgan fingerprint density at radius 1 is 1.12 bits per heavy atom. The molecule has 84 valence electrons. The Hall–Kier alpha value is -1.91. The first-order valence-electron chi connectivity index (χ1n) is 4.68. The summed E-state index contributed by atoms with van der Waals surface area (Å²) in [7, 11) is 0. The first-order valence-corrected chi connectivity index (χ1v) is 4.68. The zero-order chi connectivity index (χ0) is 12.1. The lowest BCUT2D eigenvalue weighted by molar-refractivity contribution is -0.126. The summed E-state index contributed by atoms with van der Waals surface area (Å²) >= 11 is 0. The number of halogens is 1. The van der Waals surface area contributed by atoms with E-state index in [-0.39, 0.29) is 17.4 Å². The average molecular weight is 222 g/mol. The number of nitrogens with zero attached hydrogens (tertiary/aromatic N) is 2. The van der Waals surface area contributed by atoms with Crippen molar-refractivity contribution >= 4 is 17.3 Å². The quantitative estimate of drug-likeness (QED) is 0.580. The summed E-state index contributed by atoms with van der Waals surface area (Å²) < 4.78 is 12.6. The monoisotopic (exact) mass is 222 g/mol. The molecule has 0 aliphatic heterocycles. The second-order valence-corrected chi connectivity index (χ2v) is 3.32. The van der Waals surface area contributed by atoms with Crippen molar-refractivity contribution in [3.8, 4) is 0 Å². The number of Topliss-reactive ketones (excluding diaryl/α,β-unsaturated/α-hetero) is 2. The van der Waals surface area contributed by atoms with Crippen molar-refractivity contribution in [1.82, 2.24) is 0 Å². The van der Waals surface area contributed by atoms with Gasteiger partial charge in [-0.3, -0.25) is 9.59 Å². The molecule has 4 nitrogen and oxygen atoms in total. The highest BCUT2D eigenvalue weighted by atomic mass is 19.1. The van der Waals surface area contributed by atoms with Gasteiger partial charge in [0.2, 0.25) is 0 Å². The predicted octanol–water partition coefficient (Wildman–Crippen LogP) is 2.46. The number of hydrogen-bond donors (Lipinski definition) is 0. The van der Waals surface area contributed by atoms with Crippen LogP contribution in [0.25, 0.3) is 0 Å². The Kier molecular flexibility index (Phi) is 3.99. The van der Waals surface area contributed by atoms with E-state index >= 15 is 0 Å². The third-order valence-corrected chi connectivity index (χ3v) is 1.89. The van der Waals surface area contributed by atoms with Gasteiger partial charge in [0, 0.05) is 0 Å². The second-order valence-electron chi connectivity index (χ2n) is 3.32. The molecule has 0 saturated carbocycles. The van der Waals surface area contributed by atoms with Gasteiger partial charge < -0.3 is 0 Å². The van der Waals surface area contributed by atoms with Crippen molar-refractivity contribution in [1.29, 1.82) is 0 Å². The maximum absolute atomic E-state index is 12.6. The van der Waals surface area contributed by atoms with Crippen LogP contribution < -0.4 is 0 Å². The van der Waals surface area contributed by atoms with Crippen LogP contribution in [-0.2, 0) is 9.59 Å². The van der Waals surface area contributed by atoms with E-state index in [0.717, 1.165) is 0 Å². The van der Waals surface area contributed by atoms with Crippen LogP contribution in [0.4, 0.5) is 10.1 Å². The zero-order valence-electron chi connectivity index (χ0n) is 8.98. The van der Waals surface area contributed by atoms with E-state index in [9.17, 15) is 14.0 Å². The Balaban J connectivity index is 2.82. The number of carbonyl (C=O) groups excluding carboxylic acids is 2. The van der Waals surface area contributed by atoms with Gasteiger partial charge in [-0.2, -0.15) is 10.2 Å². The molecule has 0 amide bonds. The van der Waals surface area contributed by atoms with Gasteiger partial charge >= 0.3 is 0 Å². The molecule has 1 aromatic rings. The van der Waals surface area contributed by atoms with Crippen molar-refractivity contribution in [2.24, 2.45) is 10.2 Å². The van der Waals surface area contributed by atoms with Gasteiger partial charge in [-0.15, -0.1) is 0 Å². The fraction of sp³-hybridized carbons (Fsp3) is 0.273. The van der Waals surface area contributed by atoms with Crippen LogP contribution >= 0.6 is 0 Å². The molecule has 0 heterocycles. The lowest BCUT2D eigenvalue weighted by atomic mass is 10.1. The number of ketones is 2. The van der Waals surface area contributed by atoms with Crippen molar-refractivity contribution in [2.45, 2.75) is 19.9 Å². The smallest absolute Gasteiger partial charge is 0.187 e. The first kappa shape index (κ1) is 12.2. The second kappa shape index (κ2) is 5.25. The number of hydrogen-bond acceptors (Lipinski definition) is 4. The number of benzene rings is 1. The summed E-state index contributed by atoms with van der Waals surface area (Å²) in [5, 5.41) is 7.33. The zero-order valence-corrected chi connectivity index (χ0v) is 8.98. The summed E-state index contributed by atoms with van der Waals surface area (Å²) in [6.45, 7) is 2.55. The molecule has 0 saturated heterocycles. The molecule has 0 atom stereocenters. The Morgan fingerprint density at radius 2 is 1.62 bits per heavy atom. The normalized spacial score (nSPS) is 11.0. The highest BCUT2D eigenvalue weighted by Gasteiger charge is 2.18. The Morgan fingerprint density at radius 3 is 2.06 bits per heavy atom. The van der Waals surface area contributed by atoms with E-state index in [2.05, 4.69) is 10.2 Å². The van der Waals surface area contributed by atoms with E-state index in [1.54, 1.807) is 0 Å². The molecule has 0 aliphatic carbocycles. The third kappa shape index (κ3) is 3.34. The standard InChI is InChI=1S/C11H11FN2O2/c1-7(15)11(8(2)16)14-13-10-5-3-9(12)4-6-10/h3-6,11H,1-2H3. The van der Waals surface area contributed by atoms with Crippen molar-refractivity contribution < 1.29 is 14.0 Å². The van der Waals surface area contributed by atoms with Crippen LogP contribution in [0.2, 0.25) is 0 Å². The number of rotatable bonds is 4. The van der Waals surface area contributed by atoms with E-state index in [0.29, 0.717) is 5.69 Å². The molecule has 0 N–H and O–H groups in total. The van der Waals surface area contributed by atoms with Gasteiger partial charge in [-0.1, -0.05) is 0 Å². The highest BCUT2D eigenvalue weighted by Crippen LogP contribution is 2.13. The molecule has 0 aromatic heterocycles. The largest absolute Gasteiger partial charge is 0.297 e. The third-order valence-electron chi connectivity index (χ3n) is 1.89. The molecule has 16 heavy (non-hydrogen) atoms. The molecule has 0 fully saturated rings. The van der Waals surface area contributed by atoms with Crippen LogP contribution in [0.1, 0.15) is 13.8 Å². The minimum absolute atomic E-state index is 0.363. The Bertz CT molecular complexity index is 412. The Labute approximate surface area is 92.2 Å². The van der Waals surface area contributed by atoms with Crippen LogP contribution in [0.3, 0.4) is 0 Å². The summed E-state index contributed by atoms with van der Waals surface area (Å²) in [6.07, 6.45) is 0. The fourth-order valence-corrected chi connectivity index (χ4v) is 1.08. The molecule has 1 rings (SSSR count). The van der Waals surface area contributed by atoms with Gasteiger partial charge in [0.15, 0.2) is 17.6 Å². The van der Waals surface area contributed by atoms with E-state index in [1.807, 2.05) is 0 Å². The summed E-state index contributed by atoms with van der Waals surface area (Å²) in [6, 6.07) is 4.22. The van der Waals surface area contributed by atoms with Crippen LogP contribution in [0.5, 0.6) is 0 Å². The van der Waals surface area contributed by atoms with Gasteiger partial charge in [-0.25, -0.2) is 4.39 Å². The molecule has 0 spiro atoms. The summed E-state index contributed by atoms with van der Waals surface area (Å²) in [5.74, 6) is -1.11. The van der Waals surface area contributed by atoms with Crippen LogP contribution in [0.15, 0.2) is 34.5 Å². The average Bonchev–Trinajstić information content (AvgIpc) is 2.20. The van der Waals surface area contributed by atoms with E-state index in [4.69, 9.17) is 0 Å². The SMILES string of the molecule is CC(=O)C(N=Nc1ccc(F)cc1)C(C)=O. The minimum Gasteiger partial charge on any atom is -0.297 e. The lowest BCUT2D eigenvalue weighted by Gasteiger charge is -2.01. The molecule has 0 radical (unpaired) electrons. The van der Waals surface area contributed by atoms with E-state index < -0.39 is 6.04 Å². The summed E-state index contributed by atoms with van der Waals surface area (Å²) in [5.41, 5.74) is 0.397. The van der Waals surface area contributed by atoms with Gasteiger partial charge in [-0.05, 0) is 38.1 Å². The number of azo groups is 1. The van der Waals surface area contributed by atoms with Gasteiger partial charge in [0.1, 0.15) is 5.82 Å². The molecule has 0 unspecified atom stereocenters. The van der Waals surface area contributed by atoms with Crippen molar-refractivity contribution in [2.75, 3.05) is 0 Å². The highest BCUT2D eigenvalue weighted by molar-refractivity contribution is 6.04. The number of carbonyl (C=O) groups is 2. The topological polar surface area (TPSA) is 58.9 Å². The minimum atomic E-state index is -1.06. The van der Waals surface area contributed by atoms with Crippen molar-refractivity contribution in [3.63, 3.8) is 0 Å². The molecular weight excluding hydrogens is 211 g/mol. The van der Waals surface area contributed by atoms with Gasteiger partial charge in [0.05, 0.1) is 5.69 Å². The van der Waals surface area contributed by atoms with Crippen LogP contribution in [0, 0.1) is 5.82 Å². The van der Waals surface area contributed by atoms with Gasteiger partial charge in [0.25, 0.3) is 0 Å². The molecule has 1 aromatic carbocycles. The maximum Gasteiger partial charge on any atom is 0.187 e. The maximum atomic E-state index is 12.6. The molecular formula is C11H11FN2O2. The molecule has 5 heteroatoms. The fourth-order valence-electron chi connectivity index (χ4n) is 1.08. The lowest BCUT2D eigenvalue weighted by Crippen LogP contribution is -2.23. The molecule has 0 bridgehead atoms. The van der Waals surface area contributed by atoms with Crippen LogP contribution in [-0.4, -0.2) is 17.6 Å². The first-order chi connectivity index (χ1) is 7.50. The van der Waals surface area contributed by atoms with Crippen molar-refractivity contribution in [3.05, 3.63) is 30.1 Å². The molecule has 0 aliphatic rings.